The molecule has 10 heteroatoms. The zero-order valence-corrected chi connectivity index (χ0v) is 19.8. The smallest absolute Gasteiger partial charge is 0.209 e. The van der Waals surface area contributed by atoms with E-state index in [1.165, 1.54) is 0 Å². The summed E-state index contributed by atoms with van der Waals surface area (Å²) in [6, 6.07) is 11.4. The predicted octanol–water partition coefficient (Wildman–Crippen LogP) is 4.77. The average Bonchev–Trinajstić information content (AvgIpc) is 3.15. The molecule has 7 nitrogen and oxygen atoms in total. The van der Waals surface area contributed by atoms with Crippen LogP contribution in [0, 0.1) is 0 Å². The van der Waals surface area contributed by atoms with Crippen LogP contribution in [0.1, 0.15) is 24.5 Å². The lowest BCUT2D eigenvalue weighted by molar-refractivity contribution is 0.269. The van der Waals surface area contributed by atoms with Crippen LogP contribution in [-0.2, 0) is 20.2 Å². The van der Waals surface area contributed by atoms with Crippen molar-refractivity contribution in [3.8, 4) is 11.5 Å². The van der Waals surface area contributed by atoms with Crippen LogP contribution in [0.3, 0.4) is 0 Å². The highest BCUT2D eigenvalue weighted by molar-refractivity contribution is 7.99. The SMILES string of the molecule is CCOc1cc(CNCCCSc2nnnn2C)cc(Cl)c1OCc1cccc(Cl)c1. The lowest BCUT2D eigenvalue weighted by atomic mass is 10.2. The highest BCUT2D eigenvalue weighted by Gasteiger charge is 2.13. The van der Waals surface area contributed by atoms with Gasteiger partial charge >= 0.3 is 0 Å². The number of tetrazole rings is 1. The van der Waals surface area contributed by atoms with E-state index in [2.05, 4.69) is 20.8 Å². The van der Waals surface area contributed by atoms with Gasteiger partial charge in [-0.15, -0.1) is 5.10 Å². The lowest BCUT2D eigenvalue weighted by Gasteiger charge is -2.16. The number of ether oxygens (including phenoxy) is 2. The molecule has 31 heavy (non-hydrogen) atoms. The molecule has 0 aliphatic carbocycles. The minimum atomic E-state index is 0.358. The Labute approximate surface area is 196 Å². The Morgan fingerprint density at radius 2 is 2.00 bits per heavy atom. The van der Waals surface area contributed by atoms with Gasteiger partial charge in [0.15, 0.2) is 11.5 Å². The first-order valence-electron chi connectivity index (χ1n) is 9.95. The third-order valence-corrected chi connectivity index (χ3v) is 5.89. The monoisotopic (exact) mass is 481 g/mol. The molecule has 0 spiro atoms. The molecule has 0 saturated heterocycles. The van der Waals surface area contributed by atoms with Gasteiger partial charge in [-0.25, -0.2) is 4.68 Å². The summed E-state index contributed by atoms with van der Waals surface area (Å²) in [5.41, 5.74) is 2.00. The van der Waals surface area contributed by atoms with E-state index in [9.17, 15) is 0 Å². The summed E-state index contributed by atoms with van der Waals surface area (Å²) >= 11 is 14.2. The third kappa shape index (κ3) is 7.28. The zero-order valence-electron chi connectivity index (χ0n) is 17.5. The summed E-state index contributed by atoms with van der Waals surface area (Å²) in [7, 11) is 1.84. The van der Waals surface area contributed by atoms with Gasteiger partial charge in [-0.05, 0) is 65.7 Å². The number of nitrogens with zero attached hydrogens (tertiary/aromatic N) is 4. The second-order valence-corrected chi connectivity index (χ2v) is 8.63. The summed E-state index contributed by atoms with van der Waals surface area (Å²) in [5, 5.41) is 16.9. The molecule has 0 amide bonds. The molecular weight excluding hydrogens is 457 g/mol. The largest absolute Gasteiger partial charge is 0.490 e. The van der Waals surface area contributed by atoms with Crippen molar-refractivity contribution in [2.45, 2.75) is 31.7 Å². The average molecular weight is 482 g/mol. The van der Waals surface area contributed by atoms with Crippen LogP contribution in [0.25, 0.3) is 0 Å². The number of halogens is 2. The molecule has 0 bridgehead atoms. The van der Waals surface area contributed by atoms with Gasteiger partial charge in [0, 0.05) is 24.4 Å². The van der Waals surface area contributed by atoms with Crippen LogP contribution in [0.4, 0.5) is 0 Å². The second kappa shape index (κ2) is 12.1. The van der Waals surface area contributed by atoms with Gasteiger partial charge in [0.2, 0.25) is 5.16 Å². The molecule has 1 N–H and O–H groups in total. The minimum absolute atomic E-state index is 0.358. The van der Waals surface area contributed by atoms with E-state index in [0.29, 0.717) is 41.3 Å². The Morgan fingerprint density at radius 3 is 2.74 bits per heavy atom. The Kier molecular flexibility index (Phi) is 9.27. The van der Waals surface area contributed by atoms with Crippen LogP contribution in [-0.4, -0.2) is 39.1 Å². The normalized spacial score (nSPS) is 11.0. The van der Waals surface area contributed by atoms with Gasteiger partial charge in [-0.2, -0.15) is 0 Å². The van der Waals surface area contributed by atoms with Gasteiger partial charge in [-0.3, -0.25) is 0 Å². The van der Waals surface area contributed by atoms with Crippen LogP contribution < -0.4 is 14.8 Å². The summed E-state index contributed by atoms with van der Waals surface area (Å²) in [6.07, 6.45) is 0.990. The van der Waals surface area contributed by atoms with Crippen molar-refractivity contribution in [2.75, 3.05) is 18.9 Å². The highest BCUT2D eigenvalue weighted by atomic mass is 35.5. The fourth-order valence-corrected chi connectivity index (χ4v) is 4.14. The van der Waals surface area contributed by atoms with Gasteiger partial charge < -0.3 is 14.8 Å². The quantitative estimate of drug-likeness (QED) is 0.295. The lowest BCUT2D eigenvalue weighted by Crippen LogP contribution is -2.15. The Morgan fingerprint density at radius 1 is 1.13 bits per heavy atom. The zero-order chi connectivity index (χ0) is 22.1. The topological polar surface area (TPSA) is 74.1 Å². The number of aryl methyl sites for hydroxylation is 1. The van der Waals surface area contributed by atoms with E-state index >= 15 is 0 Å². The van der Waals surface area contributed by atoms with Crippen molar-refractivity contribution in [1.29, 1.82) is 0 Å². The van der Waals surface area contributed by atoms with Gasteiger partial charge in [0.05, 0.1) is 11.6 Å². The number of thioether (sulfide) groups is 1. The Bertz CT molecular complexity index is 986. The minimum Gasteiger partial charge on any atom is -0.490 e. The first-order valence-corrected chi connectivity index (χ1v) is 11.7. The molecule has 0 aliphatic heterocycles. The first kappa shape index (κ1) is 23.7. The molecule has 0 fully saturated rings. The molecule has 1 aromatic heterocycles. The van der Waals surface area contributed by atoms with Crippen molar-refractivity contribution in [3.05, 3.63) is 57.6 Å². The maximum Gasteiger partial charge on any atom is 0.209 e. The number of benzene rings is 2. The van der Waals surface area contributed by atoms with Gasteiger partial charge in [-0.1, -0.05) is 47.1 Å². The van der Waals surface area contributed by atoms with E-state index < -0.39 is 0 Å². The van der Waals surface area contributed by atoms with E-state index in [1.807, 2.05) is 50.4 Å². The van der Waals surface area contributed by atoms with Crippen molar-refractivity contribution in [2.24, 2.45) is 7.05 Å². The highest BCUT2D eigenvalue weighted by Crippen LogP contribution is 2.37. The number of hydrogen-bond donors (Lipinski definition) is 1. The van der Waals surface area contributed by atoms with E-state index in [4.69, 9.17) is 32.7 Å². The number of rotatable bonds is 12. The number of hydrogen-bond acceptors (Lipinski definition) is 7. The molecule has 166 valence electrons. The third-order valence-electron chi connectivity index (χ3n) is 4.28. The maximum atomic E-state index is 6.52. The summed E-state index contributed by atoms with van der Waals surface area (Å²) in [5.74, 6) is 2.11. The molecule has 3 rings (SSSR count). The second-order valence-electron chi connectivity index (χ2n) is 6.72. The van der Waals surface area contributed by atoms with E-state index in [1.54, 1.807) is 16.4 Å². The predicted molar refractivity (Wildman–Crippen MR) is 124 cm³/mol. The molecule has 3 aromatic rings. The van der Waals surface area contributed by atoms with Gasteiger partial charge in [0.25, 0.3) is 0 Å². The molecule has 1 heterocycles. The first-order chi connectivity index (χ1) is 15.1. The standard InChI is InChI=1S/C21H25Cl2N5O2S/c1-3-29-19-12-16(13-24-8-5-9-31-21-25-26-27-28(21)2)11-18(23)20(19)30-14-15-6-4-7-17(22)10-15/h4,6-7,10-12,24H,3,5,8-9,13-14H2,1-2H3. The number of nitrogens with one attached hydrogen (secondary N) is 1. The van der Waals surface area contributed by atoms with Gasteiger partial charge in [0.1, 0.15) is 6.61 Å². The van der Waals surface area contributed by atoms with Crippen molar-refractivity contribution in [3.63, 3.8) is 0 Å². The Hall–Kier alpha value is -2.00. The van der Waals surface area contributed by atoms with Crippen LogP contribution in [0.2, 0.25) is 10.0 Å². The molecule has 0 aliphatic rings. The molecular formula is C21H25Cl2N5O2S. The fraction of sp³-hybridized carbons (Fsp3) is 0.381. The van der Waals surface area contributed by atoms with Crippen LogP contribution in [0.5, 0.6) is 11.5 Å². The molecule has 0 unspecified atom stereocenters. The van der Waals surface area contributed by atoms with Crippen molar-refractivity contribution in [1.82, 2.24) is 25.5 Å². The van der Waals surface area contributed by atoms with Crippen molar-refractivity contribution >= 4 is 35.0 Å². The molecule has 0 radical (unpaired) electrons. The summed E-state index contributed by atoms with van der Waals surface area (Å²) < 4.78 is 13.4. The van der Waals surface area contributed by atoms with E-state index in [0.717, 1.165) is 35.0 Å². The van der Waals surface area contributed by atoms with Crippen LogP contribution >= 0.6 is 35.0 Å². The molecule has 0 saturated carbocycles. The number of aromatic nitrogens is 4. The van der Waals surface area contributed by atoms with E-state index in [-0.39, 0.29) is 0 Å². The maximum absolute atomic E-state index is 6.52. The van der Waals surface area contributed by atoms with Crippen LogP contribution in [0.15, 0.2) is 41.6 Å². The summed E-state index contributed by atoms with van der Waals surface area (Å²) in [4.78, 5) is 0. The molecule has 0 atom stereocenters. The Balaban J connectivity index is 1.52. The van der Waals surface area contributed by atoms with Crippen molar-refractivity contribution < 1.29 is 9.47 Å². The molecule has 2 aromatic carbocycles. The fourth-order valence-electron chi connectivity index (χ4n) is 2.85. The summed E-state index contributed by atoms with van der Waals surface area (Å²) in [6.45, 7) is 4.37.